The number of nitrogens with zero attached hydrogens (tertiary/aromatic N) is 8. The monoisotopic (exact) mass is 795 g/mol. The Labute approximate surface area is 317 Å². The van der Waals surface area contributed by atoms with Crippen LogP contribution in [0.1, 0.15) is 6.42 Å². The first-order valence-electron chi connectivity index (χ1n) is 15.8. The average Bonchev–Trinajstić information content (AvgIpc) is 3.13. The van der Waals surface area contributed by atoms with Crippen molar-refractivity contribution in [2.75, 3.05) is 17.2 Å². The molecule has 1 aliphatic rings. The van der Waals surface area contributed by atoms with E-state index in [9.17, 15) is 31.0 Å². The highest BCUT2D eigenvalue weighted by Gasteiger charge is 2.28. The summed E-state index contributed by atoms with van der Waals surface area (Å²) in [5.74, 6) is -0.920. The summed E-state index contributed by atoms with van der Waals surface area (Å²) in [5, 5.41) is 50.5. The van der Waals surface area contributed by atoms with Crippen molar-refractivity contribution in [3.8, 4) is 5.75 Å². The molecule has 0 heterocycles. The number of fused-ring (bicyclic) bond motifs is 1. The van der Waals surface area contributed by atoms with Gasteiger partial charge < -0.3 is 33.5 Å². The minimum absolute atomic E-state index is 0.154. The normalized spacial score (nSPS) is 14.1. The SMILES string of the molecule is N=C1C=CC(N=Nc2ccc(N=Nc3c(S(=O)(=O)O)cc4cc(S(=O)(=O)O)c(N=Nc5ccc(N=Nc6ccc(N)cc6N)cc5)c(O)c4c3N)cc2)=C(N)C1. The molecule has 12 N–H and O–H groups in total. The van der Waals surface area contributed by atoms with Gasteiger partial charge in [0, 0.05) is 23.5 Å². The molecule has 284 valence electrons. The topological polar surface area (TPSA) is 356 Å². The van der Waals surface area contributed by atoms with Crippen molar-refractivity contribution < 1.29 is 31.0 Å². The Balaban J connectivity index is 1.34. The van der Waals surface area contributed by atoms with E-state index in [1.54, 1.807) is 24.3 Å². The Morgan fingerprint density at radius 3 is 1.57 bits per heavy atom. The second-order valence-corrected chi connectivity index (χ2v) is 14.6. The molecule has 0 atom stereocenters. The smallest absolute Gasteiger partial charge is 0.296 e. The second kappa shape index (κ2) is 15.2. The fourth-order valence-corrected chi connectivity index (χ4v) is 6.45. The van der Waals surface area contributed by atoms with Crippen LogP contribution < -0.4 is 22.9 Å². The molecule has 0 aromatic heterocycles. The highest BCUT2D eigenvalue weighted by Crippen LogP contribution is 2.48. The number of azo groups is 4. The molecule has 0 saturated heterocycles. The van der Waals surface area contributed by atoms with Crippen molar-refractivity contribution in [3.05, 3.63) is 102 Å². The van der Waals surface area contributed by atoms with Gasteiger partial charge in [0.25, 0.3) is 20.2 Å². The molecule has 5 aromatic rings. The van der Waals surface area contributed by atoms with Crippen LogP contribution in [-0.2, 0) is 20.2 Å². The van der Waals surface area contributed by atoms with Crippen LogP contribution in [-0.4, -0.2) is 36.8 Å². The summed E-state index contributed by atoms with van der Waals surface area (Å²) in [6.45, 7) is 0. The summed E-state index contributed by atoms with van der Waals surface area (Å²) in [6.07, 6.45) is 3.37. The molecule has 5 aromatic carbocycles. The van der Waals surface area contributed by atoms with Crippen LogP contribution in [0.2, 0.25) is 0 Å². The fraction of sp³-hybridized carbons (Fsp3) is 0.0294. The quantitative estimate of drug-likeness (QED) is 0.0377. The molecule has 0 unspecified atom stereocenters. The van der Waals surface area contributed by atoms with Crippen molar-refractivity contribution in [3.63, 3.8) is 0 Å². The van der Waals surface area contributed by atoms with Crippen molar-refractivity contribution in [1.82, 2.24) is 0 Å². The standard InChI is InChI=1S/C34H29N13O7S2/c35-18-1-11-26(24(37)15-18)44-40-20-3-7-22(8-4-20)42-46-32-28(55(49,50)51)13-17-14-29(56(52,53)54)33(34(48)30(17)31(32)39)47-43-23-9-5-21(6-10-23)41-45-27-12-2-19(36)16-25(27)38/h1-14,16,35,48H,15,36-39H2,(H,49,50,51)(H,52,53,54). The van der Waals surface area contributed by atoms with Crippen LogP contribution in [0.3, 0.4) is 0 Å². The molecular formula is C34H29N13O7S2. The van der Waals surface area contributed by atoms with Gasteiger partial charge in [0.2, 0.25) is 0 Å². The first-order chi connectivity index (χ1) is 26.5. The Hall–Kier alpha value is -7.27. The van der Waals surface area contributed by atoms with Gasteiger partial charge in [-0.1, -0.05) is 0 Å². The molecular weight excluding hydrogens is 767 g/mol. The minimum Gasteiger partial charge on any atom is -0.505 e. The van der Waals surface area contributed by atoms with E-state index >= 15 is 0 Å². The first-order valence-corrected chi connectivity index (χ1v) is 18.7. The Kier molecular flexibility index (Phi) is 10.5. The number of aromatic hydroxyl groups is 1. The van der Waals surface area contributed by atoms with Gasteiger partial charge in [-0.05, 0) is 96.4 Å². The number of hydrogen-bond acceptors (Lipinski definition) is 18. The minimum atomic E-state index is -5.12. The molecule has 0 saturated carbocycles. The van der Waals surface area contributed by atoms with Crippen LogP contribution >= 0.6 is 0 Å². The lowest BCUT2D eigenvalue weighted by Gasteiger charge is -2.14. The number of rotatable bonds is 10. The summed E-state index contributed by atoms with van der Waals surface area (Å²) in [5.41, 5.74) is 25.3. The average molecular weight is 796 g/mol. The molecule has 0 radical (unpaired) electrons. The molecule has 56 heavy (non-hydrogen) atoms. The van der Waals surface area contributed by atoms with Crippen LogP contribution in [0.25, 0.3) is 10.8 Å². The predicted octanol–water partition coefficient (Wildman–Crippen LogP) is 8.27. The summed E-state index contributed by atoms with van der Waals surface area (Å²) in [6, 6.07) is 18.2. The summed E-state index contributed by atoms with van der Waals surface area (Å²) >= 11 is 0. The highest BCUT2D eigenvalue weighted by molar-refractivity contribution is 7.86. The number of benzene rings is 5. The van der Waals surface area contributed by atoms with Gasteiger partial charge in [-0.3, -0.25) is 9.11 Å². The van der Waals surface area contributed by atoms with Crippen LogP contribution in [0.4, 0.5) is 56.9 Å². The number of nitrogens with one attached hydrogen (secondary N) is 1. The van der Waals surface area contributed by atoms with Gasteiger partial charge in [0.1, 0.15) is 32.6 Å². The lowest BCUT2D eigenvalue weighted by molar-refractivity contribution is 0.472. The zero-order chi connectivity index (χ0) is 40.4. The van der Waals surface area contributed by atoms with Crippen LogP contribution in [0, 0.1) is 5.41 Å². The molecule has 22 heteroatoms. The molecule has 0 amide bonds. The molecule has 1 aliphatic carbocycles. The molecule has 0 aliphatic heterocycles. The zero-order valence-corrected chi connectivity index (χ0v) is 30.2. The third kappa shape index (κ3) is 8.58. The molecule has 0 fully saturated rings. The molecule has 6 rings (SSSR count). The number of anilines is 3. The van der Waals surface area contributed by atoms with Crippen LogP contribution in [0.15, 0.2) is 153 Å². The van der Waals surface area contributed by atoms with Gasteiger partial charge in [0.05, 0.1) is 39.5 Å². The lowest BCUT2D eigenvalue weighted by Crippen LogP contribution is -2.09. The number of hydrogen-bond donors (Lipinski definition) is 8. The third-order valence-electron chi connectivity index (χ3n) is 7.85. The van der Waals surface area contributed by atoms with E-state index in [1.165, 1.54) is 54.6 Å². The van der Waals surface area contributed by atoms with E-state index in [0.717, 1.165) is 12.1 Å². The Bertz CT molecular complexity index is 2840. The van der Waals surface area contributed by atoms with E-state index < -0.39 is 52.8 Å². The van der Waals surface area contributed by atoms with Gasteiger partial charge in [-0.25, -0.2) is 0 Å². The summed E-state index contributed by atoms with van der Waals surface area (Å²) in [4.78, 5) is -1.84. The van der Waals surface area contributed by atoms with E-state index in [2.05, 4.69) is 40.9 Å². The highest BCUT2D eigenvalue weighted by atomic mass is 32.2. The molecule has 20 nitrogen and oxygen atoms in total. The largest absolute Gasteiger partial charge is 0.505 e. The third-order valence-corrected chi connectivity index (χ3v) is 9.58. The maximum absolute atomic E-state index is 12.5. The number of allylic oxidation sites excluding steroid dienone is 3. The maximum atomic E-state index is 12.5. The zero-order valence-electron chi connectivity index (χ0n) is 28.5. The number of nitrogen functional groups attached to an aromatic ring is 3. The van der Waals surface area contributed by atoms with Crippen molar-refractivity contribution in [1.29, 1.82) is 5.41 Å². The van der Waals surface area contributed by atoms with Gasteiger partial charge in [-0.2, -0.15) is 37.3 Å². The number of nitrogens with two attached hydrogens (primary N) is 4. The number of phenolic OH excluding ortho intramolecular Hbond substituents is 1. The maximum Gasteiger partial charge on any atom is 0.296 e. The first kappa shape index (κ1) is 38.5. The fourth-order valence-electron chi connectivity index (χ4n) is 5.12. The molecule has 0 bridgehead atoms. The van der Waals surface area contributed by atoms with E-state index in [4.69, 9.17) is 28.3 Å². The summed E-state index contributed by atoms with van der Waals surface area (Å²) < 4.78 is 69.9. The summed E-state index contributed by atoms with van der Waals surface area (Å²) in [7, 11) is -10.2. The van der Waals surface area contributed by atoms with E-state index in [-0.39, 0.29) is 28.6 Å². The predicted molar refractivity (Wildman–Crippen MR) is 208 cm³/mol. The van der Waals surface area contributed by atoms with Gasteiger partial charge >= 0.3 is 0 Å². The molecule has 0 spiro atoms. The van der Waals surface area contributed by atoms with Gasteiger partial charge in [0.15, 0.2) is 5.75 Å². The van der Waals surface area contributed by atoms with E-state index in [0.29, 0.717) is 45.5 Å². The van der Waals surface area contributed by atoms with Crippen molar-refractivity contribution in [2.45, 2.75) is 16.2 Å². The second-order valence-electron chi connectivity index (χ2n) is 11.9. The van der Waals surface area contributed by atoms with Crippen LogP contribution in [0.5, 0.6) is 5.75 Å². The lowest BCUT2D eigenvalue weighted by atomic mass is 10.1. The number of phenols is 1. The Morgan fingerprint density at radius 2 is 1.07 bits per heavy atom. The van der Waals surface area contributed by atoms with E-state index in [1.807, 2.05) is 0 Å². The Morgan fingerprint density at radius 1 is 0.589 bits per heavy atom. The van der Waals surface area contributed by atoms with Crippen molar-refractivity contribution >= 4 is 93.6 Å². The van der Waals surface area contributed by atoms with Crippen molar-refractivity contribution in [2.24, 2.45) is 46.6 Å². The van der Waals surface area contributed by atoms with Gasteiger partial charge in [-0.15, -0.1) is 20.5 Å².